The van der Waals surface area contributed by atoms with Gasteiger partial charge in [0.2, 0.25) is 0 Å². The molecule has 0 spiro atoms. The maximum atomic E-state index is 11.9. The Hall–Kier alpha value is -2.44. The highest BCUT2D eigenvalue weighted by molar-refractivity contribution is 5.94. The number of amides is 1. The lowest BCUT2D eigenvalue weighted by Gasteiger charge is -2.19. The minimum absolute atomic E-state index is 0.0310. The van der Waals surface area contributed by atoms with Crippen molar-refractivity contribution in [3.63, 3.8) is 0 Å². The number of nitro groups is 1. The Kier molecular flexibility index (Phi) is 3.74. The van der Waals surface area contributed by atoms with E-state index in [-0.39, 0.29) is 11.6 Å². The number of allylic oxidation sites excluding steroid dienone is 1. The number of carbonyl (C=O) groups excluding carboxylic acids is 1. The Labute approximate surface area is 108 Å². The number of pyridine rings is 1. The molecule has 0 unspecified atom stereocenters. The summed E-state index contributed by atoms with van der Waals surface area (Å²) in [5.41, 5.74) is -1.36. The average Bonchev–Trinajstić information content (AvgIpc) is 2.40. The van der Waals surface area contributed by atoms with Crippen LogP contribution in [0, 0.1) is 10.1 Å². The molecule has 0 saturated carbocycles. The highest BCUT2D eigenvalue weighted by Gasteiger charge is 2.18. The third kappa shape index (κ3) is 3.06. The maximum absolute atomic E-state index is 11.9. The molecule has 0 aliphatic heterocycles. The minimum Gasteiger partial charge on any atom is -0.349 e. The van der Waals surface area contributed by atoms with Gasteiger partial charge in [0, 0.05) is 18.3 Å². The summed E-state index contributed by atoms with van der Waals surface area (Å²) in [6.07, 6.45) is 7.71. The van der Waals surface area contributed by atoms with Gasteiger partial charge in [-0.25, -0.2) is 0 Å². The summed E-state index contributed by atoms with van der Waals surface area (Å²) in [7, 11) is 0. The van der Waals surface area contributed by atoms with E-state index < -0.39 is 22.1 Å². The zero-order valence-electron chi connectivity index (χ0n) is 10.1. The maximum Gasteiger partial charge on any atom is 0.334 e. The normalized spacial score (nSPS) is 18.0. The molecule has 2 N–H and O–H groups in total. The summed E-state index contributed by atoms with van der Waals surface area (Å²) in [4.78, 5) is 35.1. The van der Waals surface area contributed by atoms with Crippen LogP contribution in [-0.4, -0.2) is 21.9 Å². The molecule has 1 aliphatic rings. The molecule has 0 bridgehead atoms. The van der Waals surface area contributed by atoms with Gasteiger partial charge in [-0.05, 0) is 19.3 Å². The van der Waals surface area contributed by atoms with E-state index in [0.29, 0.717) is 0 Å². The first-order chi connectivity index (χ1) is 9.08. The second-order valence-corrected chi connectivity index (χ2v) is 4.31. The van der Waals surface area contributed by atoms with Gasteiger partial charge in [0.1, 0.15) is 0 Å². The summed E-state index contributed by atoms with van der Waals surface area (Å²) in [5.74, 6) is -0.417. The minimum atomic E-state index is -0.817. The lowest BCUT2D eigenvalue weighted by atomic mass is 10.0. The van der Waals surface area contributed by atoms with E-state index >= 15 is 0 Å². The van der Waals surface area contributed by atoms with Gasteiger partial charge in [0.25, 0.3) is 5.91 Å². The molecular formula is C12H13N3O4. The first-order valence-electron chi connectivity index (χ1n) is 5.91. The molecule has 0 radical (unpaired) electrons. The average molecular weight is 263 g/mol. The molecule has 19 heavy (non-hydrogen) atoms. The number of rotatable bonds is 3. The monoisotopic (exact) mass is 263 g/mol. The number of aromatic nitrogens is 1. The molecule has 0 aromatic carbocycles. The van der Waals surface area contributed by atoms with E-state index in [4.69, 9.17) is 0 Å². The number of hydrogen-bond donors (Lipinski definition) is 2. The summed E-state index contributed by atoms with van der Waals surface area (Å²) in [6.45, 7) is 0. The van der Waals surface area contributed by atoms with Gasteiger partial charge in [-0.2, -0.15) is 0 Å². The Morgan fingerprint density at radius 1 is 1.47 bits per heavy atom. The standard InChI is InChI=1S/C12H13N3O4/c16-11(14-9-4-2-1-3-5-9)8-6-10(15(18)19)12(17)13-7-8/h1-2,6-7,9H,3-5H2,(H,13,17)(H,14,16)/t9-/m0/s1. The Balaban J connectivity index is 2.15. The molecule has 1 heterocycles. The van der Waals surface area contributed by atoms with Crippen molar-refractivity contribution in [2.24, 2.45) is 0 Å². The van der Waals surface area contributed by atoms with Crippen LogP contribution in [0.15, 0.2) is 29.2 Å². The van der Waals surface area contributed by atoms with Crippen LogP contribution in [0.5, 0.6) is 0 Å². The number of carbonyl (C=O) groups is 1. The van der Waals surface area contributed by atoms with E-state index in [2.05, 4.69) is 10.3 Å². The molecule has 1 atom stereocenters. The van der Waals surface area contributed by atoms with Crippen LogP contribution in [-0.2, 0) is 0 Å². The van der Waals surface area contributed by atoms with Crippen molar-refractivity contribution in [3.8, 4) is 0 Å². The van der Waals surface area contributed by atoms with Crippen molar-refractivity contribution in [3.05, 3.63) is 50.4 Å². The van der Waals surface area contributed by atoms with E-state index in [0.717, 1.165) is 25.3 Å². The van der Waals surface area contributed by atoms with Crippen molar-refractivity contribution in [1.82, 2.24) is 10.3 Å². The molecule has 1 aromatic heterocycles. The van der Waals surface area contributed by atoms with E-state index in [1.54, 1.807) is 0 Å². The van der Waals surface area contributed by atoms with Crippen LogP contribution in [0.25, 0.3) is 0 Å². The fourth-order valence-electron chi connectivity index (χ4n) is 1.93. The molecule has 100 valence electrons. The second kappa shape index (κ2) is 5.47. The van der Waals surface area contributed by atoms with Gasteiger partial charge in [-0.3, -0.25) is 19.7 Å². The number of nitrogens with zero attached hydrogens (tertiary/aromatic N) is 1. The number of H-pyrrole nitrogens is 1. The topological polar surface area (TPSA) is 105 Å². The number of hydrogen-bond acceptors (Lipinski definition) is 4. The SMILES string of the molecule is O=C(N[C@H]1CC=CCC1)c1c[nH]c(=O)c([N+](=O)[O-])c1. The number of nitrogens with one attached hydrogen (secondary N) is 2. The zero-order chi connectivity index (χ0) is 13.8. The van der Waals surface area contributed by atoms with E-state index in [9.17, 15) is 19.7 Å². The predicted octanol–water partition coefficient (Wildman–Crippen LogP) is 1.12. The zero-order valence-corrected chi connectivity index (χ0v) is 10.1. The first-order valence-corrected chi connectivity index (χ1v) is 5.91. The summed E-state index contributed by atoms with van der Waals surface area (Å²) in [5, 5.41) is 13.4. The Morgan fingerprint density at radius 3 is 2.89 bits per heavy atom. The fourth-order valence-corrected chi connectivity index (χ4v) is 1.93. The second-order valence-electron chi connectivity index (χ2n) is 4.31. The third-order valence-corrected chi connectivity index (χ3v) is 2.95. The van der Waals surface area contributed by atoms with Crippen LogP contribution in [0.3, 0.4) is 0 Å². The van der Waals surface area contributed by atoms with Crippen LogP contribution in [0.1, 0.15) is 29.6 Å². The molecule has 0 fully saturated rings. The van der Waals surface area contributed by atoms with Crippen LogP contribution < -0.4 is 10.9 Å². The molecule has 2 rings (SSSR count). The quantitative estimate of drug-likeness (QED) is 0.484. The molecule has 7 heteroatoms. The van der Waals surface area contributed by atoms with Gasteiger partial charge >= 0.3 is 11.2 Å². The summed E-state index contributed by atoms with van der Waals surface area (Å²) >= 11 is 0. The molecule has 1 aromatic rings. The Bertz CT molecular complexity index is 591. The van der Waals surface area contributed by atoms with Crippen LogP contribution >= 0.6 is 0 Å². The van der Waals surface area contributed by atoms with Crippen molar-refractivity contribution in [2.75, 3.05) is 0 Å². The van der Waals surface area contributed by atoms with Gasteiger partial charge in [-0.1, -0.05) is 12.2 Å². The highest BCUT2D eigenvalue weighted by Crippen LogP contribution is 2.12. The van der Waals surface area contributed by atoms with Gasteiger partial charge in [-0.15, -0.1) is 0 Å². The first kappa shape index (κ1) is 13.0. The lowest BCUT2D eigenvalue weighted by molar-refractivity contribution is -0.386. The smallest absolute Gasteiger partial charge is 0.334 e. The largest absolute Gasteiger partial charge is 0.349 e. The van der Waals surface area contributed by atoms with E-state index in [1.165, 1.54) is 6.20 Å². The van der Waals surface area contributed by atoms with Crippen molar-refractivity contribution in [2.45, 2.75) is 25.3 Å². The molecule has 1 amide bonds. The summed E-state index contributed by atoms with van der Waals surface area (Å²) in [6, 6.07) is 1.02. The number of aromatic amines is 1. The summed E-state index contributed by atoms with van der Waals surface area (Å²) < 4.78 is 0. The molecule has 0 saturated heterocycles. The van der Waals surface area contributed by atoms with Crippen molar-refractivity contribution in [1.29, 1.82) is 0 Å². The molecule has 7 nitrogen and oxygen atoms in total. The van der Waals surface area contributed by atoms with Crippen LogP contribution in [0.4, 0.5) is 5.69 Å². The molecule has 1 aliphatic carbocycles. The van der Waals surface area contributed by atoms with Crippen LogP contribution in [0.2, 0.25) is 0 Å². The fraction of sp³-hybridized carbons (Fsp3) is 0.333. The van der Waals surface area contributed by atoms with Gasteiger partial charge in [0.15, 0.2) is 0 Å². The van der Waals surface area contributed by atoms with Gasteiger partial charge in [0.05, 0.1) is 10.5 Å². The Morgan fingerprint density at radius 2 is 2.26 bits per heavy atom. The van der Waals surface area contributed by atoms with Crippen molar-refractivity contribution >= 4 is 11.6 Å². The lowest BCUT2D eigenvalue weighted by Crippen LogP contribution is -2.35. The predicted molar refractivity (Wildman–Crippen MR) is 68.0 cm³/mol. The van der Waals surface area contributed by atoms with Crippen molar-refractivity contribution < 1.29 is 9.72 Å². The highest BCUT2D eigenvalue weighted by atomic mass is 16.6. The van der Waals surface area contributed by atoms with Gasteiger partial charge < -0.3 is 10.3 Å². The third-order valence-electron chi connectivity index (χ3n) is 2.95. The molecular weight excluding hydrogens is 250 g/mol. The van der Waals surface area contributed by atoms with E-state index in [1.807, 2.05) is 12.2 Å².